The Morgan fingerprint density at radius 3 is 2.73 bits per heavy atom. The van der Waals surface area contributed by atoms with E-state index in [4.69, 9.17) is 0 Å². The summed E-state index contributed by atoms with van der Waals surface area (Å²) in [5, 5.41) is 0. The standard InChI is InChI=1S/C9H11NO/c1-7-3-4-9(5-6-11)10-8(7)2/h3-4,6H,5H2,1-2H3. The Balaban J connectivity index is 2.95. The first-order valence-corrected chi connectivity index (χ1v) is 3.61. The van der Waals surface area contributed by atoms with Gasteiger partial charge in [0.1, 0.15) is 6.29 Å². The van der Waals surface area contributed by atoms with Gasteiger partial charge in [-0.3, -0.25) is 4.98 Å². The summed E-state index contributed by atoms with van der Waals surface area (Å²) in [5.74, 6) is 0. The minimum atomic E-state index is 0.418. The number of pyridine rings is 1. The molecular weight excluding hydrogens is 138 g/mol. The van der Waals surface area contributed by atoms with Crippen molar-refractivity contribution in [3.63, 3.8) is 0 Å². The molecule has 1 aromatic heterocycles. The van der Waals surface area contributed by atoms with Crippen LogP contribution in [0.3, 0.4) is 0 Å². The SMILES string of the molecule is Cc1ccc(CC=O)nc1C. The summed E-state index contributed by atoms with van der Waals surface area (Å²) < 4.78 is 0. The molecular formula is C9H11NO. The average Bonchev–Trinajstić information content (AvgIpc) is 1.98. The van der Waals surface area contributed by atoms with Crippen LogP contribution in [0.5, 0.6) is 0 Å². The maximum atomic E-state index is 10.1. The van der Waals surface area contributed by atoms with Crippen molar-refractivity contribution in [2.45, 2.75) is 20.3 Å². The zero-order valence-electron chi connectivity index (χ0n) is 6.79. The van der Waals surface area contributed by atoms with Crippen LogP contribution in [0.1, 0.15) is 17.0 Å². The van der Waals surface area contributed by atoms with Gasteiger partial charge in [0, 0.05) is 17.8 Å². The quantitative estimate of drug-likeness (QED) is 0.595. The number of aryl methyl sites for hydroxylation is 2. The van der Waals surface area contributed by atoms with E-state index in [-0.39, 0.29) is 0 Å². The zero-order valence-corrected chi connectivity index (χ0v) is 6.79. The van der Waals surface area contributed by atoms with Crippen LogP contribution in [0.15, 0.2) is 12.1 Å². The molecule has 0 aliphatic rings. The van der Waals surface area contributed by atoms with E-state index in [9.17, 15) is 4.79 Å². The van der Waals surface area contributed by atoms with E-state index < -0.39 is 0 Å². The fourth-order valence-electron chi connectivity index (χ4n) is 0.882. The molecule has 1 heterocycles. The number of aromatic nitrogens is 1. The molecule has 0 aliphatic heterocycles. The maximum absolute atomic E-state index is 10.1. The Kier molecular flexibility index (Phi) is 2.36. The van der Waals surface area contributed by atoms with Crippen molar-refractivity contribution in [1.82, 2.24) is 4.98 Å². The molecule has 0 amide bonds. The van der Waals surface area contributed by atoms with Gasteiger partial charge in [-0.25, -0.2) is 0 Å². The van der Waals surface area contributed by atoms with Gasteiger partial charge in [-0.1, -0.05) is 6.07 Å². The molecule has 0 bridgehead atoms. The maximum Gasteiger partial charge on any atom is 0.125 e. The summed E-state index contributed by atoms with van der Waals surface area (Å²) in [5.41, 5.74) is 3.02. The highest BCUT2D eigenvalue weighted by molar-refractivity contribution is 5.53. The predicted octanol–water partition coefficient (Wildman–Crippen LogP) is 1.44. The molecule has 0 radical (unpaired) electrons. The molecule has 0 N–H and O–H groups in total. The van der Waals surface area contributed by atoms with Gasteiger partial charge < -0.3 is 4.79 Å². The lowest BCUT2D eigenvalue weighted by Gasteiger charge is -1.99. The number of carbonyl (C=O) groups excluding carboxylic acids is 1. The van der Waals surface area contributed by atoms with Gasteiger partial charge >= 0.3 is 0 Å². The Bertz CT molecular complexity index is 268. The van der Waals surface area contributed by atoms with Crippen molar-refractivity contribution in [3.8, 4) is 0 Å². The molecule has 0 aliphatic carbocycles. The second-order valence-electron chi connectivity index (χ2n) is 2.58. The minimum Gasteiger partial charge on any atom is -0.303 e. The molecule has 2 heteroatoms. The molecule has 2 nitrogen and oxygen atoms in total. The third-order valence-corrected chi connectivity index (χ3v) is 1.70. The van der Waals surface area contributed by atoms with Gasteiger partial charge in [-0.05, 0) is 25.5 Å². The van der Waals surface area contributed by atoms with Crippen LogP contribution in [0, 0.1) is 13.8 Å². The molecule has 0 fully saturated rings. The van der Waals surface area contributed by atoms with E-state index in [0.29, 0.717) is 6.42 Å². The predicted molar refractivity (Wildman–Crippen MR) is 43.5 cm³/mol. The largest absolute Gasteiger partial charge is 0.303 e. The summed E-state index contributed by atoms with van der Waals surface area (Å²) in [4.78, 5) is 14.4. The van der Waals surface area contributed by atoms with Crippen molar-refractivity contribution in [2.75, 3.05) is 0 Å². The minimum absolute atomic E-state index is 0.418. The van der Waals surface area contributed by atoms with Crippen molar-refractivity contribution < 1.29 is 4.79 Å². The van der Waals surface area contributed by atoms with Gasteiger partial charge in [-0.2, -0.15) is 0 Å². The second kappa shape index (κ2) is 3.28. The van der Waals surface area contributed by atoms with Gasteiger partial charge in [0.25, 0.3) is 0 Å². The van der Waals surface area contributed by atoms with Gasteiger partial charge in [0.2, 0.25) is 0 Å². The Morgan fingerprint density at radius 2 is 2.18 bits per heavy atom. The zero-order chi connectivity index (χ0) is 8.27. The molecule has 0 spiro atoms. The van der Waals surface area contributed by atoms with E-state index >= 15 is 0 Å². The van der Waals surface area contributed by atoms with E-state index in [1.165, 1.54) is 5.56 Å². The molecule has 0 saturated carbocycles. The topological polar surface area (TPSA) is 30.0 Å². The van der Waals surface area contributed by atoms with Gasteiger partial charge in [-0.15, -0.1) is 0 Å². The van der Waals surface area contributed by atoms with Gasteiger partial charge in [0.15, 0.2) is 0 Å². The van der Waals surface area contributed by atoms with Gasteiger partial charge in [0.05, 0.1) is 0 Å². The summed E-state index contributed by atoms with van der Waals surface area (Å²) in [7, 11) is 0. The Hall–Kier alpha value is -1.18. The monoisotopic (exact) mass is 149 g/mol. The highest BCUT2D eigenvalue weighted by Crippen LogP contribution is 2.04. The Morgan fingerprint density at radius 1 is 1.45 bits per heavy atom. The van der Waals surface area contributed by atoms with E-state index in [1.807, 2.05) is 26.0 Å². The lowest BCUT2D eigenvalue weighted by Crippen LogP contribution is -1.94. The number of hydrogen-bond donors (Lipinski definition) is 0. The third-order valence-electron chi connectivity index (χ3n) is 1.70. The highest BCUT2D eigenvalue weighted by Gasteiger charge is 1.95. The molecule has 1 rings (SSSR count). The van der Waals surface area contributed by atoms with Crippen LogP contribution in [0.2, 0.25) is 0 Å². The summed E-state index contributed by atoms with van der Waals surface area (Å²) in [6.07, 6.45) is 1.29. The summed E-state index contributed by atoms with van der Waals surface area (Å²) >= 11 is 0. The number of aldehydes is 1. The van der Waals surface area contributed by atoms with E-state index in [1.54, 1.807) is 0 Å². The average molecular weight is 149 g/mol. The highest BCUT2D eigenvalue weighted by atomic mass is 16.1. The molecule has 0 unspecified atom stereocenters. The fraction of sp³-hybridized carbons (Fsp3) is 0.333. The molecule has 1 aromatic rings. The first-order chi connectivity index (χ1) is 5.24. The summed E-state index contributed by atoms with van der Waals surface area (Å²) in [6.45, 7) is 3.96. The smallest absolute Gasteiger partial charge is 0.125 e. The lowest BCUT2D eigenvalue weighted by molar-refractivity contribution is -0.107. The van der Waals surface area contributed by atoms with Crippen LogP contribution in [0.4, 0.5) is 0 Å². The first kappa shape index (κ1) is 7.92. The first-order valence-electron chi connectivity index (χ1n) is 3.61. The lowest BCUT2D eigenvalue weighted by atomic mass is 10.2. The molecule has 0 saturated heterocycles. The number of carbonyl (C=O) groups is 1. The van der Waals surface area contributed by atoms with Crippen LogP contribution >= 0.6 is 0 Å². The molecule has 11 heavy (non-hydrogen) atoms. The van der Waals surface area contributed by atoms with Crippen molar-refractivity contribution in [1.29, 1.82) is 0 Å². The number of hydrogen-bond acceptors (Lipinski definition) is 2. The van der Waals surface area contributed by atoms with Crippen molar-refractivity contribution in [2.24, 2.45) is 0 Å². The number of nitrogens with zero attached hydrogens (tertiary/aromatic N) is 1. The second-order valence-corrected chi connectivity index (χ2v) is 2.58. The van der Waals surface area contributed by atoms with E-state index in [2.05, 4.69) is 4.98 Å². The van der Waals surface area contributed by atoms with E-state index in [0.717, 1.165) is 17.7 Å². The third kappa shape index (κ3) is 1.87. The van der Waals surface area contributed by atoms with Crippen molar-refractivity contribution >= 4 is 6.29 Å². The molecule has 0 atom stereocenters. The fourth-order valence-corrected chi connectivity index (χ4v) is 0.882. The van der Waals surface area contributed by atoms with Crippen LogP contribution in [-0.2, 0) is 11.2 Å². The van der Waals surface area contributed by atoms with Crippen LogP contribution in [-0.4, -0.2) is 11.3 Å². The number of rotatable bonds is 2. The normalized spacial score (nSPS) is 9.64. The van der Waals surface area contributed by atoms with Crippen LogP contribution < -0.4 is 0 Å². The van der Waals surface area contributed by atoms with Crippen LogP contribution in [0.25, 0.3) is 0 Å². The molecule has 0 aromatic carbocycles. The Labute approximate surface area is 66.3 Å². The van der Waals surface area contributed by atoms with Crippen molar-refractivity contribution in [3.05, 3.63) is 29.1 Å². The molecule has 58 valence electrons. The summed E-state index contributed by atoms with van der Waals surface area (Å²) in [6, 6.07) is 3.87.